The highest BCUT2D eigenvalue weighted by Gasteiger charge is 2.08. The van der Waals surface area contributed by atoms with Crippen molar-refractivity contribution in [3.8, 4) is 6.07 Å². The van der Waals surface area contributed by atoms with Crippen LogP contribution in [0.5, 0.6) is 0 Å². The van der Waals surface area contributed by atoms with Crippen LogP contribution in [0, 0.1) is 11.3 Å². The molecule has 98 valence electrons. The Morgan fingerprint density at radius 2 is 1.65 bits per heavy atom. The summed E-state index contributed by atoms with van der Waals surface area (Å²) in [6.07, 6.45) is 3.74. The molecule has 0 aliphatic carbocycles. The van der Waals surface area contributed by atoms with Gasteiger partial charge in [0.2, 0.25) is 0 Å². The second-order valence-corrected chi connectivity index (χ2v) is 4.47. The maximum atomic E-state index is 12.0. The first-order valence-corrected chi connectivity index (χ1v) is 6.50. The highest BCUT2D eigenvalue weighted by Crippen LogP contribution is 2.20. The van der Waals surface area contributed by atoms with Crippen LogP contribution in [-0.4, -0.2) is 5.78 Å². The van der Waals surface area contributed by atoms with Crippen molar-refractivity contribution in [1.29, 1.82) is 5.26 Å². The molecule has 0 saturated carbocycles. The number of allylic oxidation sites excluding steroid dienone is 2. The second kappa shape index (κ2) is 7.06. The van der Waals surface area contributed by atoms with Gasteiger partial charge in [0.25, 0.3) is 0 Å². The molecule has 0 heterocycles. The third kappa shape index (κ3) is 3.66. The zero-order chi connectivity index (χ0) is 14.2. The molecule has 0 bridgehead atoms. The first-order valence-electron chi connectivity index (χ1n) is 6.50. The van der Waals surface area contributed by atoms with E-state index in [0.29, 0.717) is 12.0 Å². The molecule has 2 nitrogen and oxygen atoms in total. The fourth-order valence-electron chi connectivity index (χ4n) is 2.00. The number of ketones is 1. The lowest BCUT2D eigenvalue weighted by atomic mass is 9.95. The van der Waals surface area contributed by atoms with E-state index in [4.69, 9.17) is 5.26 Å². The largest absolute Gasteiger partial charge is 0.289 e. The average molecular weight is 261 g/mol. The molecular weight excluding hydrogens is 246 g/mol. The third-order valence-electron chi connectivity index (χ3n) is 3.08. The van der Waals surface area contributed by atoms with E-state index >= 15 is 0 Å². The molecule has 2 aromatic carbocycles. The smallest absolute Gasteiger partial charge is 0.185 e. The summed E-state index contributed by atoms with van der Waals surface area (Å²) in [6, 6.07) is 21.0. The van der Waals surface area contributed by atoms with Crippen LogP contribution >= 0.6 is 0 Å². The van der Waals surface area contributed by atoms with Gasteiger partial charge in [-0.2, -0.15) is 5.26 Å². The molecule has 2 aromatic rings. The maximum Gasteiger partial charge on any atom is 0.185 e. The Kier molecular flexibility index (Phi) is 4.86. The van der Waals surface area contributed by atoms with Gasteiger partial charge in [-0.25, -0.2) is 0 Å². The fraction of sp³-hybridized carbons (Fsp3) is 0.111. The lowest BCUT2D eigenvalue weighted by molar-refractivity contribution is 0.104. The van der Waals surface area contributed by atoms with Crippen molar-refractivity contribution in [2.45, 2.75) is 12.3 Å². The highest BCUT2D eigenvalue weighted by molar-refractivity contribution is 6.04. The lowest BCUT2D eigenvalue weighted by Crippen LogP contribution is -1.97. The minimum atomic E-state index is -0.0473. The SMILES string of the molecule is N#CC[C@@H](/C=C/C(=O)c1ccccc1)c1ccccc1. The molecular formula is C18H15NO. The van der Waals surface area contributed by atoms with Crippen LogP contribution in [0.4, 0.5) is 0 Å². The summed E-state index contributed by atoms with van der Waals surface area (Å²) in [4.78, 5) is 12.0. The van der Waals surface area contributed by atoms with E-state index in [2.05, 4.69) is 6.07 Å². The summed E-state index contributed by atoms with van der Waals surface area (Å²) in [5, 5.41) is 8.91. The van der Waals surface area contributed by atoms with Crippen molar-refractivity contribution < 1.29 is 4.79 Å². The van der Waals surface area contributed by atoms with Crippen molar-refractivity contribution in [2.75, 3.05) is 0 Å². The standard InChI is InChI=1S/C18H15NO/c19-14-13-16(15-7-3-1-4-8-15)11-12-18(20)17-9-5-2-6-10-17/h1-12,16H,13H2/b12-11+/t16-/m1/s1. The number of hydrogen-bond donors (Lipinski definition) is 0. The molecule has 0 spiro atoms. The molecule has 2 heteroatoms. The van der Waals surface area contributed by atoms with Crippen molar-refractivity contribution in [2.24, 2.45) is 0 Å². The molecule has 20 heavy (non-hydrogen) atoms. The first kappa shape index (κ1) is 13.8. The number of rotatable bonds is 5. The third-order valence-corrected chi connectivity index (χ3v) is 3.08. The van der Waals surface area contributed by atoms with Gasteiger partial charge < -0.3 is 0 Å². The van der Waals surface area contributed by atoms with Gasteiger partial charge >= 0.3 is 0 Å². The van der Waals surface area contributed by atoms with Crippen molar-refractivity contribution in [1.82, 2.24) is 0 Å². The van der Waals surface area contributed by atoms with E-state index in [0.717, 1.165) is 5.56 Å². The molecule has 0 aromatic heterocycles. The quantitative estimate of drug-likeness (QED) is 0.600. The van der Waals surface area contributed by atoms with E-state index < -0.39 is 0 Å². The molecule has 0 fully saturated rings. The first-order chi connectivity index (χ1) is 9.81. The van der Waals surface area contributed by atoms with E-state index in [1.54, 1.807) is 18.2 Å². The van der Waals surface area contributed by atoms with Gasteiger partial charge in [0, 0.05) is 17.9 Å². The number of nitriles is 1. The zero-order valence-electron chi connectivity index (χ0n) is 11.1. The predicted octanol–water partition coefficient (Wildman–Crippen LogP) is 4.12. The van der Waals surface area contributed by atoms with Crippen LogP contribution in [0.1, 0.15) is 28.3 Å². The lowest BCUT2D eigenvalue weighted by Gasteiger charge is -2.08. The van der Waals surface area contributed by atoms with Crippen LogP contribution in [0.25, 0.3) is 0 Å². The molecule has 0 N–H and O–H groups in total. The molecule has 0 unspecified atom stereocenters. The van der Waals surface area contributed by atoms with E-state index in [1.165, 1.54) is 0 Å². The molecule has 1 atom stereocenters. The van der Waals surface area contributed by atoms with E-state index in [1.807, 2.05) is 54.6 Å². The number of nitrogens with zero attached hydrogens (tertiary/aromatic N) is 1. The average Bonchev–Trinajstić information content (AvgIpc) is 2.53. The van der Waals surface area contributed by atoms with Gasteiger partial charge in [0.05, 0.1) is 6.07 Å². The Labute approximate surface area is 119 Å². The summed E-state index contributed by atoms with van der Waals surface area (Å²) in [5.74, 6) is -0.0849. The summed E-state index contributed by atoms with van der Waals surface area (Å²) in [7, 11) is 0. The summed E-state index contributed by atoms with van der Waals surface area (Å²) in [5.41, 5.74) is 1.71. The van der Waals surface area contributed by atoms with Gasteiger partial charge in [-0.1, -0.05) is 66.7 Å². The minimum Gasteiger partial charge on any atom is -0.289 e. The highest BCUT2D eigenvalue weighted by atomic mass is 16.1. The molecule has 0 aliphatic rings. The van der Waals surface area contributed by atoms with Crippen molar-refractivity contribution >= 4 is 5.78 Å². The zero-order valence-corrected chi connectivity index (χ0v) is 11.1. The fourth-order valence-corrected chi connectivity index (χ4v) is 2.00. The number of carbonyl (C=O) groups excluding carboxylic acids is 1. The van der Waals surface area contributed by atoms with E-state index in [-0.39, 0.29) is 11.7 Å². The van der Waals surface area contributed by atoms with Crippen molar-refractivity contribution in [3.05, 3.63) is 83.9 Å². The Hall–Kier alpha value is -2.66. The Balaban J connectivity index is 2.15. The van der Waals surface area contributed by atoms with Gasteiger partial charge in [-0.15, -0.1) is 0 Å². The second-order valence-electron chi connectivity index (χ2n) is 4.47. The van der Waals surface area contributed by atoms with Gasteiger partial charge in [-0.3, -0.25) is 4.79 Å². The van der Waals surface area contributed by atoms with Gasteiger partial charge in [0.1, 0.15) is 0 Å². The van der Waals surface area contributed by atoms with Crippen LogP contribution in [0.2, 0.25) is 0 Å². The summed E-state index contributed by atoms with van der Waals surface area (Å²) >= 11 is 0. The molecule has 2 rings (SSSR count). The molecule has 0 saturated heterocycles. The Morgan fingerprint density at radius 3 is 2.25 bits per heavy atom. The maximum absolute atomic E-state index is 12.0. The molecule has 0 aliphatic heterocycles. The monoisotopic (exact) mass is 261 g/mol. The Bertz CT molecular complexity index is 623. The number of benzene rings is 2. The number of hydrogen-bond acceptors (Lipinski definition) is 2. The van der Waals surface area contributed by atoms with E-state index in [9.17, 15) is 4.79 Å². The van der Waals surface area contributed by atoms with Crippen LogP contribution in [0.15, 0.2) is 72.8 Å². The molecule has 0 amide bonds. The van der Waals surface area contributed by atoms with Gasteiger partial charge in [-0.05, 0) is 11.6 Å². The van der Waals surface area contributed by atoms with Crippen LogP contribution < -0.4 is 0 Å². The molecule has 0 radical (unpaired) electrons. The normalized spacial score (nSPS) is 11.9. The summed E-state index contributed by atoms with van der Waals surface area (Å²) in [6.45, 7) is 0. The van der Waals surface area contributed by atoms with Crippen molar-refractivity contribution in [3.63, 3.8) is 0 Å². The topological polar surface area (TPSA) is 40.9 Å². The van der Waals surface area contributed by atoms with Gasteiger partial charge in [0.15, 0.2) is 5.78 Å². The predicted molar refractivity (Wildman–Crippen MR) is 79.3 cm³/mol. The summed E-state index contributed by atoms with van der Waals surface area (Å²) < 4.78 is 0. The van der Waals surface area contributed by atoms with Crippen LogP contribution in [-0.2, 0) is 0 Å². The Morgan fingerprint density at radius 1 is 1.05 bits per heavy atom. The number of carbonyl (C=O) groups is 1. The van der Waals surface area contributed by atoms with Crippen LogP contribution in [0.3, 0.4) is 0 Å². The minimum absolute atomic E-state index is 0.0375.